The average molecular weight is 461 g/mol. The van der Waals surface area contributed by atoms with E-state index in [1.54, 1.807) is 10.9 Å². The summed E-state index contributed by atoms with van der Waals surface area (Å²) in [4.78, 5) is 38.2. The smallest absolute Gasteiger partial charge is 0.366 e. The van der Waals surface area contributed by atoms with Gasteiger partial charge in [0.2, 0.25) is 11.8 Å². The maximum absolute atomic E-state index is 15.1. The zero-order valence-electron chi connectivity index (χ0n) is 16.7. The largest absolute Gasteiger partial charge is 0.416 e. The Kier molecular flexibility index (Phi) is 4.45. The molecule has 1 fully saturated rings. The van der Waals surface area contributed by atoms with Crippen LogP contribution in [0.3, 0.4) is 0 Å². The molecule has 1 aromatic carbocycles. The van der Waals surface area contributed by atoms with Gasteiger partial charge in [0, 0.05) is 29.7 Å². The van der Waals surface area contributed by atoms with Crippen LogP contribution in [0.1, 0.15) is 40.4 Å². The van der Waals surface area contributed by atoms with Gasteiger partial charge in [0.25, 0.3) is 5.91 Å². The van der Waals surface area contributed by atoms with E-state index >= 15 is 4.39 Å². The van der Waals surface area contributed by atoms with E-state index in [0.717, 1.165) is 18.9 Å². The topological polar surface area (TPSA) is 110 Å². The minimum Gasteiger partial charge on any atom is -0.366 e. The molecule has 12 heteroatoms. The molecule has 170 valence electrons. The minimum atomic E-state index is -4.92. The molecule has 1 unspecified atom stereocenters. The predicted molar refractivity (Wildman–Crippen MR) is 106 cm³/mol. The van der Waals surface area contributed by atoms with E-state index < -0.39 is 52.3 Å². The normalized spacial score (nSPS) is 20.4. The Morgan fingerprint density at radius 3 is 2.58 bits per heavy atom. The Balaban J connectivity index is 1.69. The monoisotopic (exact) mass is 461 g/mol. The Morgan fingerprint density at radius 1 is 1.21 bits per heavy atom. The molecule has 2 aliphatic heterocycles. The van der Waals surface area contributed by atoms with Crippen molar-refractivity contribution in [3.05, 3.63) is 65.0 Å². The molecule has 3 amide bonds. The van der Waals surface area contributed by atoms with Crippen molar-refractivity contribution in [1.82, 2.24) is 15.1 Å². The van der Waals surface area contributed by atoms with Gasteiger partial charge in [-0.2, -0.15) is 18.3 Å². The third kappa shape index (κ3) is 3.47. The van der Waals surface area contributed by atoms with Gasteiger partial charge in [-0.3, -0.25) is 24.4 Å². The van der Waals surface area contributed by atoms with Gasteiger partial charge in [-0.15, -0.1) is 0 Å². The van der Waals surface area contributed by atoms with Crippen LogP contribution < -0.4 is 16.0 Å². The molecule has 0 saturated heterocycles. The maximum atomic E-state index is 15.1. The van der Waals surface area contributed by atoms with Gasteiger partial charge in [-0.1, -0.05) is 0 Å². The molecule has 5 rings (SSSR count). The van der Waals surface area contributed by atoms with Crippen LogP contribution in [0.2, 0.25) is 0 Å². The van der Waals surface area contributed by atoms with Crippen molar-refractivity contribution >= 4 is 29.0 Å². The molecular formula is C21H15F4N5O3. The summed E-state index contributed by atoms with van der Waals surface area (Å²) in [6.07, 6.45) is 2.60. The summed E-state index contributed by atoms with van der Waals surface area (Å²) < 4.78 is 56.3. The van der Waals surface area contributed by atoms with E-state index in [1.165, 1.54) is 17.3 Å². The molecule has 3 heterocycles. The number of anilines is 1. The first-order chi connectivity index (χ1) is 15.5. The molecule has 33 heavy (non-hydrogen) atoms. The summed E-state index contributed by atoms with van der Waals surface area (Å²) in [7, 11) is 0. The summed E-state index contributed by atoms with van der Waals surface area (Å²) in [5.74, 6) is -5.44. The second-order valence-corrected chi connectivity index (χ2v) is 7.96. The number of hydrogen-bond acceptors (Lipinski definition) is 5. The van der Waals surface area contributed by atoms with Crippen LogP contribution in [0.5, 0.6) is 0 Å². The van der Waals surface area contributed by atoms with Gasteiger partial charge in [0.15, 0.2) is 0 Å². The Labute approximate surface area is 183 Å². The molecule has 0 spiro atoms. The van der Waals surface area contributed by atoms with E-state index in [-0.39, 0.29) is 23.4 Å². The third-order valence-electron chi connectivity index (χ3n) is 5.70. The van der Waals surface area contributed by atoms with Gasteiger partial charge in [-0.05, 0) is 30.5 Å². The van der Waals surface area contributed by atoms with Crippen molar-refractivity contribution < 1.29 is 31.9 Å². The molecule has 8 nitrogen and oxygen atoms in total. The van der Waals surface area contributed by atoms with Crippen molar-refractivity contribution in [2.45, 2.75) is 25.1 Å². The number of nitrogens with two attached hydrogens (primary N) is 1. The van der Waals surface area contributed by atoms with Crippen molar-refractivity contribution in [3.8, 4) is 0 Å². The van der Waals surface area contributed by atoms with Crippen molar-refractivity contribution in [2.24, 2.45) is 11.7 Å². The van der Waals surface area contributed by atoms with Gasteiger partial charge >= 0.3 is 6.18 Å². The van der Waals surface area contributed by atoms with Crippen molar-refractivity contribution in [1.29, 1.82) is 0 Å². The molecule has 1 aromatic heterocycles. The molecule has 0 radical (unpaired) electrons. The lowest BCUT2D eigenvalue weighted by Crippen LogP contribution is -2.41. The second-order valence-electron chi connectivity index (χ2n) is 7.96. The summed E-state index contributed by atoms with van der Waals surface area (Å²) in [6, 6.07) is 0.927. The van der Waals surface area contributed by atoms with Crippen LogP contribution in [0, 0.1) is 11.7 Å². The molecule has 1 atom stereocenters. The van der Waals surface area contributed by atoms with Gasteiger partial charge in [0.1, 0.15) is 11.7 Å². The molecule has 1 aliphatic carbocycles. The number of alkyl halides is 3. The fraction of sp³-hybridized carbons (Fsp3) is 0.238. The molecular weight excluding hydrogens is 446 g/mol. The fourth-order valence-electron chi connectivity index (χ4n) is 4.06. The summed E-state index contributed by atoms with van der Waals surface area (Å²) >= 11 is 0. The molecule has 1 saturated carbocycles. The SMILES string of the molecule is NC(=O)c1cc(C(F)(F)F)cc(F)c1C1=CN(c2cnn(C3CC3)c2)C2=CC(=O)NC(=O)C12. The van der Waals surface area contributed by atoms with E-state index in [0.29, 0.717) is 11.8 Å². The Morgan fingerprint density at radius 2 is 1.94 bits per heavy atom. The van der Waals surface area contributed by atoms with Crippen LogP contribution in [-0.2, 0) is 15.8 Å². The number of hydrogen-bond donors (Lipinski definition) is 2. The van der Waals surface area contributed by atoms with Crippen LogP contribution in [0.25, 0.3) is 5.57 Å². The maximum Gasteiger partial charge on any atom is 0.416 e. The van der Waals surface area contributed by atoms with Gasteiger partial charge in [-0.25, -0.2) is 4.39 Å². The van der Waals surface area contributed by atoms with Crippen LogP contribution in [0.4, 0.5) is 23.2 Å². The molecule has 2 aromatic rings. The number of fused-ring (bicyclic) bond motifs is 1. The van der Waals surface area contributed by atoms with Gasteiger partial charge < -0.3 is 10.6 Å². The highest BCUT2D eigenvalue weighted by atomic mass is 19.4. The quantitative estimate of drug-likeness (QED) is 0.537. The second kappa shape index (κ2) is 7.02. The van der Waals surface area contributed by atoms with E-state index in [1.807, 2.05) is 0 Å². The first-order valence-electron chi connectivity index (χ1n) is 9.87. The van der Waals surface area contributed by atoms with E-state index in [2.05, 4.69) is 10.4 Å². The summed E-state index contributed by atoms with van der Waals surface area (Å²) in [6.45, 7) is 0. The minimum absolute atomic E-state index is 0.106. The lowest BCUT2D eigenvalue weighted by atomic mass is 9.86. The lowest BCUT2D eigenvalue weighted by molar-refractivity contribution is -0.138. The van der Waals surface area contributed by atoms with Gasteiger partial charge in [0.05, 0.1) is 29.1 Å². The number of nitrogens with zero attached hydrogens (tertiary/aromatic N) is 3. The number of imide groups is 1. The Bertz CT molecular complexity index is 1290. The number of nitrogens with one attached hydrogen (secondary N) is 1. The first kappa shape index (κ1) is 20.9. The molecule has 3 aliphatic rings. The van der Waals surface area contributed by atoms with Crippen LogP contribution >= 0.6 is 0 Å². The summed E-state index contributed by atoms with van der Waals surface area (Å²) in [5, 5.41) is 6.36. The fourth-order valence-corrected chi connectivity index (χ4v) is 4.06. The third-order valence-corrected chi connectivity index (χ3v) is 5.70. The van der Waals surface area contributed by atoms with Crippen molar-refractivity contribution in [3.63, 3.8) is 0 Å². The predicted octanol–water partition coefficient (Wildman–Crippen LogP) is 2.49. The zero-order valence-corrected chi connectivity index (χ0v) is 16.7. The number of aromatic nitrogens is 2. The highest BCUT2D eigenvalue weighted by molar-refractivity contribution is 6.14. The number of primary amides is 1. The van der Waals surface area contributed by atoms with E-state index in [4.69, 9.17) is 5.73 Å². The number of carbonyl (C=O) groups is 3. The first-order valence-corrected chi connectivity index (χ1v) is 9.87. The lowest BCUT2D eigenvalue weighted by Gasteiger charge is -2.24. The van der Waals surface area contributed by atoms with Crippen molar-refractivity contribution in [2.75, 3.05) is 4.90 Å². The van der Waals surface area contributed by atoms with E-state index in [9.17, 15) is 27.6 Å². The highest BCUT2D eigenvalue weighted by Crippen LogP contribution is 2.45. The van der Waals surface area contributed by atoms with Crippen LogP contribution in [0.15, 0.2) is 42.5 Å². The number of rotatable bonds is 4. The summed E-state index contributed by atoms with van der Waals surface area (Å²) in [5.41, 5.74) is 3.14. The van der Waals surface area contributed by atoms with Crippen LogP contribution in [-0.4, -0.2) is 27.5 Å². The number of carbonyl (C=O) groups excluding carboxylic acids is 3. The zero-order chi connectivity index (χ0) is 23.7. The number of benzene rings is 1. The molecule has 3 N–H and O–H groups in total. The number of halogens is 4. The standard InChI is InChI=1S/C21H15F4N5O3/c22-14-4-9(21(23,24)25)3-12(19(26)32)17(14)13-8-29(11-6-27-30(7-11)10-1-2-10)15-5-16(31)28-20(33)18(13)15/h3-8,10,18H,1-2H2,(H2,26,32)(H,28,31,33). The Hall–Kier alpha value is -3.96. The average Bonchev–Trinajstić information content (AvgIpc) is 3.33. The highest BCUT2D eigenvalue weighted by Gasteiger charge is 2.44. The molecule has 0 bridgehead atoms. The number of amides is 3.